The number of methoxy groups -OCH3 is 1. The summed E-state index contributed by atoms with van der Waals surface area (Å²) in [6.45, 7) is 11.4. The molecule has 0 saturated heterocycles. The normalized spacial score (nSPS) is 14.3. The Morgan fingerprint density at radius 3 is 2.35 bits per heavy atom. The molecule has 1 aromatic carbocycles. The van der Waals surface area contributed by atoms with Gasteiger partial charge in [-0.05, 0) is 70.9 Å². The maximum atomic E-state index is 5.27. The van der Waals surface area contributed by atoms with E-state index in [0.717, 1.165) is 35.7 Å². The summed E-state index contributed by atoms with van der Waals surface area (Å²) in [4.78, 5) is 0. The molecule has 1 rings (SSSR count). The fourth-order valence-electron chi connectivity index (χ4n) is 2.21. The molecule has 0 aromatic heterocycles. The molecule has 0 aliphatic carbocycles. The number of benzene rings is 1. The van der Waals surface area contributed by atoms with Gasteiger partial charge in [-0.25, -0.2) is 0 Å². The SMILES string of the molecule is COc1ccc(CC(C)C(C)CNCC(C)C)cc1Br. The Balaban J connectivity index is 2.48. The van der Waals surface area contributed by atoms with Gasteiger partial charge in [-0.1, -0.05) is 33.8 Å². The van der Waals surface area contributed by atoms with Gasteiger partial charge in [0, 0.05) is 0 Å². The average molecular weight is 342 g/mol. The lowest BCUT2D eigenvalue weighted by Crippen LogP contribution is -2.28. The van der Waals surface area contributed by atoms with E-state index in [9.17, 15) is 0 Å². The maximum absolute atomic E-state index is 5.27. The Kier molecular flexibility index (Phi) is 7.60. The van der Waals surface area contributed by atoms with Crippen LogP contribution in [0.3, 0.4) is 0 Å². The van der Waals surface area contributed by atoms with Crippen molar-refractivity contribution in [3.05, 3.63) is 28.2 Å². The van der Waals surface area contributed by atoms with Crippen molar-refractivity contribution in [1.29, 1.82) is 0 Å². The third kappa shape index (κ3) is 5.84. The van der Waals surface area contributed by atoms with Gasteiger partial charge in [0.05, 0.1) is 11.6 Å². The number of hydrogen-bond acceptors (Lipinski definition) is 2. The molecule has 1 N–H and O–H groups in total. The van der Waals surface area contributed by atoms with Gasteiger partial charge in [-0.15, -0.1) is 0 Å². The molecular weight excluding hydrogens is 314 g/mol. The minimum absolute atomic E-state index is 0.662. The quantitative estimate of drug-likeness (QED) is 0.750. The molecular formula is C17H28BrNO. The molecule has 0 aliphatic heterocycles. The highest BCUT2D eigenvalue weighted by Crippen LogP contribution is 2.27. The van der Waals surface area contributed by atoms with E-state index in [-0.39, 0.29) is 0 Å². The van der Waals surface area contributed by atoms with Crippen LogP contribution in [-0.2, 0) is 6.42 Å². The van der Waals surface area contributed by atoms with Gasteiger partial charge in [0.15, 0.2) is 0 Å². The zero-order valence-corrected chi connectivity index (χ0v) is 15.0. The van der Waals surface area contributed by atoms with Crippen LogP contribution in [0.15, 0.2) is 22.7 Å². The van der Waals surface area contributed by atoms with Crippen LogP contribution in [0.2, 0.25) is 0 Å². The summed E-state index contributed by atoms with van der Waals surface area (Å²) in [6, 6.07) is 6.37. The zero-order valence-electron chi connectivity index (χ0n) is 13.4. The van der Waals surface area contributed by atoms with E-state index in [1.54, 1.807) is 7.11 Å². The molecule has 1 aromatic rings. The summed E-state index contributed by atoms with van der Waals surface area (Å²) in [6.07, 6.45) is 1.10. The van der Waals surface area contributed by atoms with Gasteiger partial charge in [-0.2, -0.15) is 0 Å². The number of halogens is 1. The molecule has 20 heavy (non-hydrogen) atoms. The molecule has 0 spiro atoms. The lowest BCUT2D eigenvalue weighted by Gasteiger charge is -2.21. The minimum atomic E-state index is 0.662. The predicted molar refractivity (Wildman–Crippen MR) is 90.4 cm³/mol. The molecule has 2 unspecified atom stereocenters. The van der Waals surface area contributed by atoms with Crippen molar-refractivity contribution in [3.8, 4) is 5.75 Å². The number of hydrogen-bond donors (Lipinski definition) is 1. The number of ether oxygens (including phenoxy) is 1. The highest BCUT2D eigenvalue weighted by Gasteiger charge is 2.13. The van der Waals surface area contributed by atoms with Crippen molar-refractivity contribution >= 4 is 15.9 Å². The Morgan fingerprint density at radius 2 is 1.80 bits per heavy atom. The van der Waals surface area contributed by atoms with Crippen molar-refractivity contribution in [1.82, 2.24) is 5.32 Å². The number of nitrogens with one attached hydrogen (secondary N) is 1. The van der Waals surface area contributed by atoms with Crippen LogP contribution in [0.1, 0.15) is 33.3 Å². The lowest BCUT2D eigenvalue weighted by molar-refractivity contribution is 0.357. The molecule has 0 amide bonds. The Labute approximate surface area is 132 Å². The average Bonchev–Trinajstić information content (AvgIpc) is 2.38. The van der Waals surface area contributed by atoms with Crippen molar-refractivity contribution in [2.24, 2.45) is 17.8 Å². The zero-order chi connectivity index (χ0) is 15.1. The van der Waals surface area contributed by atoms with Gasteiger partial charge in [0.2, 0.25) is 0 Å². The first-order valence-corrected chi connectivity index (χ1v) is 8.26. The van der Waals surface area contributed by atoms with Gasteiger partial charge >= 0.3 is 0 Å². The van der Waals surface area contributed by atoms with E-state index in [4.69, 9.17) is 4.74 Å². The van der Waals surface area contributed by atoms with Gasteiger partial charge in [-0.3, -0.25) is 0 Å². The Hall–Kier alpha value is -0.540. The van der Waals surface area contributed by atoms with Crippen molar-refractivity contribution < 1.29 is 4.74 Å². The smallest absolute Gasteiger partial charge is 0.133 e. The summed E-state index contributed by atoms with van der Waals surface area (Å²) < 4.78 is 6.31. The Bertz CT molecular complexity index is 406. The second-order valence-corrected chi connectivity index (χ2v) is 7.03. The van der Waals surface area contributed by atoms with Crippen molar-refractivity contribution in [3.63, 3.8) is 0 Å². The topological polar surface area (TPSA) is 21.3 Å². The van der Waals surface area contributed by atoms with Gasteiger partial charge in [0.1, 0.15) is 5.75 Å². The lowest BCUT2D eigenvalue weighted by atomic mass is 9.89. The third-order valence-electron chi connectivity index (χ3n) is 3.76. The minimum Gasteiger partial charge on any atom is -0.496 e. The van der Waals surface area contributed by atoms with E-state index in [0.29, 0.717) is 11.8 Å². The third-order valence-corrected chi connectivity index (χ3v) is 4.38. The molecule has 0 saturated carbocycles. The Morgan fingerprint density at radius 1 is 1.10 bits per heavy atom. The highest BCUT2D eigenvalue weighted by molar-refractivity contribution is 9.10. The molecule has 0 bridgehead atoms. The summed E-state index contributed by atoms with van der Waals surface area (Å²) in [5, 5.41) is 3.55. The second kappa shape index (κ2) is 8.68. The van der Waals surface area contributed by atoms with Crippen LogP contribution >= 0.6 is 15.9 Å². The van der Waals surface area contributed by atoms with Gasteiger partial charge in [0.25, 0.3) is 0 Å². The molecule has 2 nitrogen and oxygen atoms in total. The number of rotatable bonds is 8. The van der Waals surface area contributed by atoms with E-state index in [2.05, 4.69) is 61.1 Å². The highest BCUT2D eigenvalue weighted by atomic mass is 79.9. The van der Waals surface area contributed by atoms with E-state index >= 15 is 0 Å². The molecule has 3 heteroatoms. The fourth-order valence-corrected chi connectivity index (χ4v) is 2.80. The van der Waals surface area contributed by atoms with Crippen LogP contribution in [0.5, 0.6) is 5.75 Å². The van der Waals surface area contributed by atoms with Crippen molar-refractivity contribution in [2.75, 3.05) is 20.2 Å². The molecule has 0 heterocycles. The first kappa shape index (κ1) is 17.5. The first-order chi connectivity index (χ1) is 9.43. The predicted octanol–water partition coefficient (Wildman–Crippen LogP) is 4.52. The van der Waals surface area contributed by atoms with Crippen LogP contribution < -0.4 is 10.1 Å². The monoisotopic (exact) mass is 341 g/mol. The van der Waals surface area contributed by atoms with E-state index in [1.807, 2.05) is 6.07 Å². The molecule has 0 aliphatic rings. The fraction of sp³-hybridized carbons (Fsp3) is 0.647. The van der Waals surface area contributed by atoms with Gasteiger partial charge < -0.3 is 10.1 Å². The van der Waals surface area contributed by atoms with Crippen LogP contribution in [0.25, 0.3) is 0 Å². The second-order valence-electron chi connectivity index (χ2n) is 6.18. The van der Waals surface area contributed by atoms with Crippen LogP contribution in [0.4, 0.5) is 0 Å². The van der Waals surface area contributed by atoms with Crippen LogP contribution in [-0.4, -0.2) is 20.2 Å². The first-order valence-electron chi connectivity index (χ1n) is 7.47. The molecule has 114 valence electrons. The standard InChI is InChI=1S/C17H28BrNO/c1-12(2)10-19-11-14(4)13(3)8-15-6-7-17(20-5)16(18)9-15/h6-7,9,12-14,19H,8,10-11H2,1-5H3. The summed E-state index contributed by atoms with van der Waals surface area (Å²) >= 11 is 3.55. The summed E-state index contributed by atoms with van der Waals surface area (Å²) in [5.74, 6) is 2.95. The maximum Gasteiger partial charge on any atom is 0.133 e. The summed E-state index contributed by atoms with van der Waals surface area (Å²) in [7, 11) is 1.70. The summed E-state index contributed by atoms with van der Waals surface area (Å²) in [5.41, 5.74) is 1.36. The van der Waals surface area contributed by atoms with E-state index in [1.165, 1.54) is 5.56 Å². The van der Waals surface area contributed by atoms with Crippen molar-refractivity contribution in [2.45, 2.75) is 34.1 Å². The molecule has 2 atom stereocenters. The molecule has 0 fully saturated rings. The molecule has 0 radical (unpaired) electrons. The van der Waals surface area contributed by atoms with Crippen LogP contribution in [0, 0.1) is 17.8 Å². The van der Waals surface area contributed by atoms with E-state index < -0.39 is 0 Å². The largest absolute Gasteiger partial charge is 0.496 e.